The van der Waals surface area contributed by atoms with Gasteiger partial charge in [0.25, 0.3) is 5.91 Å². The minimum atomic E-state index is -0.274. The maximum absolute atomic E-state index is 11.9. The van der Waals surface area contributed by atoms with Crippen molar-refractivity contribution in [2.24, 2.45) is 5.41 Å². The highest BCUT2D eigenvalue weighted by atomic mass is 16.2. The van der Waals surface area contributed by atoms with E-state index in [2.05, 4.69) is 17.2 Å². The van der Waals surface area contributed by atoms with Gasteiger partial charge in [0.2, 0.25) is 0 Å². The lowest BCUT2D eigenvalue weighted by Crippen LogP contribution is -2.38. The molecule has 0 saturated heterocycles. The van der Waals surface area contributed by atoms with Crippen LogP contribution in [0.15, 0.2) is 23.3 Å². The third-order valence-corrected chi connectivity index (χ3v) is 3.81. The van der Waals surface area contributed by atoms with Gasteiger partial charge in [0.1, 0.15) is 5.56 Å². The van der Waals surface area contributed by atoms with Gasteiger partial charge in [-0.1, -0.05) is 26.2 Å². The monoisotopic (exact) mass is 248 g/mol. The molecule has 1 fully saturated rings. The first-order valence-electron chi connectivity index (χ1n) is 6.56. The van der Waals surface area contributed by atoms with Crippen LogP contribution < -0.4 is 10.7 Å². The zero-order valence-electron chi connectivity index (χ0n) is 10.8. The van der Waals surface area contributed by atoms with Crippen LogP contribution in [0.1, 0.15) is 49.4 Å². The highest BCUT2D eigenvalue weighted by Crippen LogP contribution is 2.34. The molecule has 0 atom stereocenters. The Bertz CT molecular complexity index is 473. The molecule has 1 heterocycles. The van der Waals surface area contributed by atoms with Crippen molar-refractivity contribution in [3.63, 3.8) is 0 Å². The Morgan fingerprint density at radius 2 is 2.11 bits per heavy atom. The maximum atomic E-state index is 11.9. The number of aromatic amines is 1. The van der Waals surface area contributed by atoms with Crippen molar-refractivity contribution in [2.75, 3.05) is 6.54 Å². The van der Waals surface area contributed by atoms with E-state index < -0.39 is 0 Å². The van der Waals surface area contributed by atoms with Gasteiger partial charge >= 0.3 is 0 Å². The summed E-state index contributed by atoms with van der Waals surface area (Å²) in [4.78, 5) is 26.2. The first-order valence-corrected chi connectivity index (χ1v) is 6.56. The smallest absolute Gasteiger partial charge is 0.256 e. The fourth-order valence-electron chi connectivity index (χ4n) is 2.56. The molecule has 0 bridgehead atoms. The Morgan fingerprint density at radius 3 is 2.78 bits per heavy atom. The zero-order valence-corrected chi connectivity index (χ0v) is 10.8. The minimum Gasteiger partial charge on any atom is -0.367 e. The van der Waals surface area contributed by atoms with Crippen molar-refractivity contribution >= 4 is 5.91 Å². The summed E-state index contributed by atoms with van der Waals surface area (Å²) in [6, 6.07) is 1.37. The molecule has 0 unspecified atom stereocenters. The quantitative estimate of drug-likeness (QED) is 0.860. The zero-order chi connectivity index (χ0) is 13.0. The lowest BCUT2D eigenvalue weighted by atomic mass is 9.76. The van der Waals surface area contributed by atoms with Crippen LogP contribution in [0.2, 0.25) is 0 Å². The van der Waals surface area contributed by atoms with Gasteiger partial charge in [-0.05, 0) is 18.3 Å². The number of pyridine rings is 1. The Kier molecular flexibility index (Phi) is 3.84. The molecular formula is C14H20N2O2. The van der Waals surface area contributed by atoms with Crippen molar-refractivity contribution < 1.29 is 4.79 Å². The van der Waals surface area contributed by atoms with Crippen LogP contribution in [0, 0.1) is 5.41 Å². The maximum Gasteiger partial charge on any atom is 0.256 e. The SMILES string of the molecule is CC1(CNC(=O)c2c[nH]ccc2=O)CCCCC1. The Balaban J connectivity index is 1.96. The number of hydrogen-bond donors (Lipinski definition) is 2. The number of hydrogen-bond acceptors (Lipinski definition) is 2. The van der Waals surface area contributed by atoms with E-state index in [0.29, 0.717) is 6.54 Å². The van der Waals surface area contributed by atoms with E-state index in [-0.39, 0.29) is 22.3 Å². The van der Waals surface area contributed by atoms with Crippen LogP contribution in [0.3, 0.4) is 0 Å². The molecule has 1 aromatic rings. The average molecular weight is 248 g/mol. The van der Waals surface area contributed by atoms with E-state index >= 15 is 0 Å². The number of amides is 1. The number of carbonyl (C=O) groups is 1. The van der Waals surface area contributed by atoms with E-state index in [0.717, 1.165) is 12.8 Å². The molecule has 1 aromatic heterocycles. The summed E-state index contributed by atoms with van der Waals surface area (Å²) >= 11 is 0. The molecule has 98 valence electrons. The van der Waals surface area contributed by atoms with E-state index in [4.69, 9.17) is 0 Å². The summed E-state index contributed by atoms with van der Waals surface area (Å²) in [7, 11) is 0. The number of rotatable bonds is 3. The van der Waals surface area contributed by atoms with Crippen molar-refractivity contribution in [3.8, 4) is 0 Å². The van der Waals surface area contributed by atoms with Crippen LogP contribution in [0.4, 0.5) is 0 Å². The van der Waals surface area contributed by atoms with Gasteiger partial charge in [0, 0.05) is 25.0 Å². The molecule has 2 rings (SSSR count). The number of carbonyl (C=O) groups excluding carboxylic acids is 1. The molecule has 18 heavy (non-hydrogen) atoms. The summed E-state index contributed by atoms with van der Waals surface area (Å²) in [5.74, 6) is -0.274. The van der Waals surface area contributed by atoms with Crippen molar-refractivity contribution in [3.05, 3.63) is 34.2 Å². The number of nitrogens with one attached hydrogen (secondary N) is 2. The highest BCUT2D eigenvalue weighted by molar-refractivity contribution is 5.93. The van der Waals surface area contributed by atoms with Gasteiger partial charge in [0.05, 0.1) is 0 Å². The second-order valence-corrected chi connectivity index (χ2v) is 5.48. The van der Waals surface area contributed by atoms with Crippen molar-refractivity contribution in [1.82, 2.24) is 10.3 Å². The van der Waals surface area contributed by atoms with Crippen LogP contribution in [-0.2, 0) is 0 Å². The molecule has 1 aliphatic carbocycles. The third-order valence-electron chi connectivity index (χ3n) is 3.81. The van der Waals surface area contributed by atoms with Gasteiger partial charge in [0.15, 0.2) is 5.43 Å². The molecule has 4 nitrogen and oxygen atoms in total. The summed E-state index contributed by atoms with van der Waals surface area (Å²) in [5.41, 5.74) is 0.145. The van der Waals surface area contributed by atoms with E-state index in [1.54, 1.807) is 0 Å². The van der Waals surface area contributed by atoms with Gasteiger partial charge in [-0.2, -0.15) is 0 Å². The molecule has 4 heteroatoms. The fourth-order valence-corrected chi connectivity index (χ4v) is 2.56. The van der Waals surface area contributed by atoms with Gasteiger partial charge in [-0.3, -0.25) is 9.59 Å². The molecule has 1 saturated carbocycles. The standard InChI is InChI=1S/C14H20N2O2/c1-14(6-3-2-4-7-14)10-16-13(18)11-9-15-8-5-12(11)17/h5,8-9H,2-4,6-7,10H2,1H3,(H,15,17)(H,16,18). The van der Waals surface area contributed by atoms with Crippen molar-refractivity contribution in [1.29, 1.82) is 0 Å². The predicted octanol–water partition coefficient (Wildman–Crippen LogP) is 2.08. The van der Waals surface area contributed by atoms with E-state index in [9.17, 15) is 9.59 Å². The van der Waals surface area contributed by atoms with Gasteiger partial charge in [-0.25, -0.2) is 0 Å². The summed E-state index contributed by atoms with van der Waals surface area (Å²) in [5, 5.41) is 2.89. The van der Waals surface area contributed by atoms with E-state index in [1.165, 1.54) is 37.7 Å². The van der Waals surface area contributed by atoms with Crippen LogP contribution >= 0.6 is 0 Å². The second kappa shape index (κ2) is 5.38. The van der Waals surface area contributed by atoms with Gasteiger partial charge in [-0.15, -0.1) is 0 Å². The molecule has 0 radical (unpaired) electrons. The first kappa shape index (κ1) is 12.9. The molecule has 0 aliphatic heterocycles. The second-order valence-electron chi connectivity index (χ2n) is 5.48. The topological polar surface area (TPSA) is 62.0 Å². The van der Waals surface area contributed by atoms with Crippen LogP contribution in [0.5, 0.6) is 0 Å². The molecular weight excluding hydrogens is 228 g/mol. The number of aromatic nitrogens is 1. The molecule has 0 spiro atoms. The van der Waals surface area contributed by atoms with Crippen LogP contribution in [-0.4, -0.2) is 17.4 Å². The average Bonchev–Trinajstić information content (AvgIpc) is 2.38. The lowest BCUT2D eigenvalue weighted by molar-refractivity contribution is 0.0918. The Morgan fingerprint density at radius 1 is 1.39 bits per heavy atom. The largest absolute Gasteiger partial charge is 0.367 e. The van der Waals surface area contributed by atoms with Crippen molar-refractivity contribution in [2.45, 2.75) is 39.0 Å². The summed E-state index contributed by atoms with van der Waals surface area (Å²) in [6.45, 7) is 2.86. The molecule has 2 N–H and O–H groups in total. The lowest BCUT2D eigenvalue weighted by Gasteiger charge is -2.33. The Hall–Kier alpha value is -1.58. The highest BCUT2D eigenvalue weighted by Gasteiger charge is 2.27. The normalized spacial score (nSPS) is 18.3. The number of H-pyrrole nitrogens is 1. The Labute approximate surface area is 107 Å². The minimum absolute atomic E-state index is 0.190. The molecule has 0 aromatic carbocycles. The predicted molar refractivity (Wildman–Crippen MR) is 70.6 cm³/mol. The molecule has 1 amide bonds. The molecule has 1 aliphatic rings. The van der Waals surface area contributed by atoms with Crippen LogP contribution in [0.25, 0.3) is 0 Å². The van der Waals surface area contributed by atoms with Gasteiger partial charge < -0.3 is 10.3 Å². The first-order chi connectivity index (χ1) is 8.61. The van der Waals surface area contributed by atoms with E-state index in [1.807, 2.05) is 0 Å². The third kappa shape index (κ3) is 3.00. The summed E-state index contributed by atoms with van der Waals surface area (Å²) < 4.78 is 0. The summed E-state index contributed by atoms with van der Waals surface area (Å²) in [6.07, 6.45) is 9.05. The fraction of sp³-hybridized carbons (Fsp3) is 0.571.